The highest BCUT2D eigenvalue weighted by Gasteiger charge is 2.22. The van der Waals surface area contributed by atoms with Gasteiger partial charge in [-0.25, -0.2) is 4.39 Å². The Kier molecular flexibility index (Phi) is 3.10. The van der Waals surface area contributed by atoms with E-state index >= 15 is 0 Å². The Morgan fingerprint density at radius 3 is 2.60 bits per heavy atom. The topological polar surface area (TPSA) is 20.3 Å². The summed E-state index contributed by atoms with van der Waals surface area (Å²) in [5.41, 5.74) is 0. The maximum absolute atomic E-state index is 13.3. The van der Waals surface area contributed by atoms with Crippen molar-refractivity contribution in [3.63, 3.8) is 0 Å². The molecule has 0 aromatic carbocycles. The molecule has 0 N–H and O–H groups in total. The summed E-state index contributed by atoms with van der Waals surface area (Å²) in [5.74, 6) is -0.707. The first-order valence-corrected chi connectivity index (χ1v) is 5.84. The van der Waals surface area contributed by atoms with E-state index < -0.39 is 5.82 Å². The number of amides is 1. The number of piperidine rings is 1. The molecule has 0 spiro atoms. The van der Waals surface area contributed by atoms with Crippen molar-refractivity contribution in [2.75, 3.05) is 13.1 Å². The van der Waals surface area contributed by atoms with Gasteiger partial charge in [-0.05, 0) is 30.1 Å². The van der Waals surface area contributed by atoms with E-state index in [0.29, 0.717) is 4.78 Å². The van der Waals surface area contributed by atoms with E-state index in [9.17, 15) is 9.18 Å². The molecule has 78 valence electrons. The molecule has 1 amide bonds. The van der Waals surface area contributed by atoms with E-state index in [2.05, 4.69) is 0 Å². The lowest BCUT2D eigenvalue weighted by Gasteiger charge is -2.26. The van der Waals surface area contributed by atoms with Crippen molar-refractivity contribution >= 4 is 29.9 Å². The second-order valence-electron chi connectivity index (χ2n) is 3.68. The minimum absolute atomic E-state index is 0.148. The van der Waals surface area contributed by atoms with Crippen molar-refractivity contribution in [3.05, 3.63) is 16.8 Å². The number of hydrogen-bond donors (Lipinski definition) is 0. The summed E-state index contributed by atoms with van der Waals surface area (Å²) >= 11 is 1.03. The molecular formula is C10H11BFNOS. The molecule has 1 fully saturated rings. The molecule has 1 aliphatic heterocycles. The molecule has 1 aromatic heterocycles. The molecule has 0 atom stereocenters. The number of likely N-dealkylation sites (tertiary alicyclic amines) is 1. The summed E-state index contributed by atoms with van der Waals surface area (Å²) in [4.78, 5) is 13.7. The maximum Gasteiger partial charge on any atom is 0.266 e. The molecule has 1 saturated heterocycles. The SMILES string of the molecule is [B]c1cc(F)c(C(=O)N2CCCCC2)s1. The van der Waals surface area contributed by atoms with Crippen molar-refractivity contribution in [3.8, 4) is 0 Å². The quantitative estimate of drug-likeness (QED) is 0.657. The summed E-state index contributed by atoms with van der Waals surface area (Å²) in [6.45, 7) is 1.46. The molecule has 0 bridgehead atoms. The fourth-order valence-corrected chi connectivity index (χ4v) is 2.54. The van der Waals surface area contributed by atoms with Crippen LogP contribution in [0.3, 0.4) is 0 Å². The van der Waals surface area contributed by atoms with Crippen molar-refractivity contribution < 1.29 is 9.18 Å². The number of thiophene rings is 1. The summed E-state index contributed by atoms with van der Waals surface area (Å²) in [5, 5.41) is 0. The largest absolute Gasteiger partial charge is 0.338 e. The smallest absolute Gasteiger partial charge is 0.266 e. The first-order valence-electron chi connectivity index (χ1n) is 5.02. The average Bonchev–Trinajstić information content (AvgIpc) is 2.58. The van der Waals surface area contributed by atoms with Gasteiger partial charge in [-0.3, -0.25) is 4.79 Å². The Morgan fingerprint density at radius 1 is 1.40 bits per heavy atom. The Hall–Kier alpha value is -0.835. The minimum Gasteiger partial charge on any atom is -0.338 e. The van der Waals surface area contributed by atoms with Gasteiger partial charge < -0.3 is 4.90 Å². The van der Waals surface area contributed by atoms with Crippen molar-refractivity contribution in [1.82, 2.24) is 4.90 Å². The number of hydrogen-bond acceptors (Lipinski definition) is 2. The first kappa shape index (κ1) is 10.7. The Labute approximate surface area is 93.5 Å². The van der Waals surface area contributed by atoms with Crippen molar-refractivity contribution in [2.45, 2.75) is 19.3 Å². The summed E-state index contributed by atoms with van der Waals surface area (Å²) < 4.78 is 13.7. The van der Waals surface area contributed by atoms with E-state index in [1.807, 2.05) is 0 Å². The molecule has 0 unspecified atom stereocenters. The van der Waals surface area contributed by atoms with Crippen LogP contribution in [-0.2, 0) is 0 Å². The van der Waals surface area contributed by atoms with Gasteiger partial charge >= 0.3 is 0 Å². The monoisotopic (exact) mass is 223 g/mol. The van der Waals surface area contributed by atoms with Gasteiger partial charge in [-0.15, -0.1) is 11.3 Å². The predicted octanol–water partition coefficient (Wildman–Crippen LogP) is 1.31. The van der Waals surface area contributed by atoms with Crippen LogP contribution in [-0.4, -0.2) is 31.7 Å². The number of rotatable bonds is 1. The van der Waals surface area contributed by atoms with E-state index in [-0.39, 0.29) is 10.8 Å². The van der Waals surface area contributed by atoms with Gasteiger partial charge in [-0.2, -0.15) is 0 Å². The number of nitrogens with zero attached hydrogens (tertiary/aromatic N) is 1. The third-order valence-electron chi connectivity index (χ3n) is 2.54. The summed E-state index contributed by atoms with van der Waals surface area (Å²) in [7, 11) is 5.45. The molecule has 2 rings (SSSR count). The van der Waals surface area contributed by atoms with Gasteiger partial charge in [0.15, 0.2) is 0 Å². The van der Waals surface area contributed by atoms with Crippen LogP contribution in [0.1, 0.15) is 28.9 Å². The molecule has 5 heteroatoms. The molecule has 2 nitrogen and oxygen atoms in total. The highest BCUT2D eigenvalue weighted by molar-refractivity contribution is 7.21. The van der Waals surface area contributed by atoms with Gasteiger partial charge in [-0.1, -0.05) is 0 Å². The van der Waals surface area contributed by atoms with Crippen LogP contribution in [0.2, 0.25) is 0 Å². The van der Waals surface area contributed by atoms with Crippen LogP contribution in [0.15, 0.2) is 6.07 Å². The average molecular weight is 223 g/mol. The third kappa shape index (κ3) is 2.22. The minimum atomic E-state index is -0.493. The normalized spacial score (nSPS) is 16.7. The first-order chi connectivity index (χ1) is 7.18. The second kappa shape index (κ2) is 4.35. The van der Waals surface area contributed by atoms with E-state index in [1.165, 1.54) is 6.07 Å². The summed E-state index contributed by atoms with van der Waals surface area (Å²) in [6.07, 6.45) is 3.17. The van der Waals surface area contributed by atoms with Crippen LogP contribution >= 0.6 is 11.3 Å². The van der Waals surface area contributed by atoms with E-state index in [4.69, 9.17) is 7.85 Å². The molecule has 1 aromatic rings. The van der Waals surface area contributed by atoms with Crippen LogP contribution in [0.25, 0.3) is 0 Å². The summed E-state index contributed by atoms with van der Waals surface area (Å²) in [6, 6.07) is 1.21. The third-order valence-corrected chi connectivity index (χ3v) is 3.47. The zero-order valence-electron chi connectivity index (χ0n) is 8.33. The van der Waals surface area contributed by atoms with Gasteiger partial charge in [0.25, 0.3) is 5.91 Å². The van der Waals surface area contributed by atoms with E-state index in [1.54, 1.807) is 4.90 Å². The molecular weight excluding hydrogens is 212 g/mol. The molecule has 2 radical (unpaired) electrons. The van der Waals surface area contributed by atoms with Gasteiger partial charge in [0.2, 0.25) is 0 Å². The Balaban J connectivity index is 2.16. The van der Waals surface area contributed by atoms with Gasteiger partial charge in [0, 0.05) is 13.1 Å². The lowest BCUT2D eigenvalue weighted by molar-refractivity contribution is 0.0725. The second-order valence-corrected chi connectivity index (χ2v) is 4.76. The molecule has 15 heavy (non-hydrogen) atoms. The lowest BCUT2D eigenvalue weighted by atomic mass is 10.1. The molecule has 0 aliphatic carbocycles. The number of carbonyl (C=O) groups is 1. The number of halogens is 1. The highest BCUT2D eigenvalue weighted by Crippen LogP contribution is 2.18. The van der Waals surface area contributed by atoms with Crippen LogP contribution in [0, 0.1) is 5.82 Å². The lowest BCUT2D eigenvalue weighted by Crippen LogP contribution is -2.35. The predicted molar refractivity (Wildman–Crippen MR) is 59.4 cm³/mol. The highest BCUT2D eigenvalue weighted by atomic mass is 32.1. The Morgan fingerprint density at radius 2 is 2.07 bits per heavy atom. The van der Waals surface area contributed by atoms with Crippen LogP contribution < -0.4 is 4.78 Å². The van der Waals surface area contributed by atoms with Gasteiger partial charge in [0.05, 0.1) is 0 Å². The van der Waals surface area contributed by atoms with Gasteiger partial charge in [0.1, 0.15) is 18.5 Å². The molecule has 0 saturated carbocycles. The zero-order valence-corrected chi connectivity index (χ0v) is 9.15. The maximum atomic E-state index is 13.3. The fourth-order valence-electron chi connectivity index (χ4n) is 1.77. The van der Waals surface area contributed by atoms with E-state index in [0.717, 1.165) is 43.7 Å². The molecule has 2 heterocycles. The zero-order chi connectivity index (χ0) is 10.8. The van der Waals surface area contributed by atoms with Crippen molar-refractivity contribution in [2.24, 2.45) is 0 Å². The molecule has 1 aliphatic rings. The fraction of sp³-hybridized carbons (Fsp3) is 0.500. The number of carbonyl (C=O) groups excluding carboxylic acids is 1. The van der Waals surface area contributed by atoms with Crippen LogP contribution in [0.4, 0.5) is 4.39 Å². The van der Waals surface area contributed by atoms with Crippen molar-refractivity contribution in [1.29, 1.82) is 0 Å². The van der Waals surface area contributed by atoms with Crippen LogP contribution in [0.5, 0.6) is 0 Å². The standard InChI is InChI=1S/C10H11BFNOS/c11-8-6-7(12)9(15-8)10(14)13-4-2-1-3-5-13/h6H,1-5H2. The Bertz CT molecular complexity index is 373.